The molecule has 8 atom stereocenters. The molecule has 0 spiro atoms. The van der Waals surface area contributed by atoms with E-state index in [1.165, 1.54) is 6.92 Å². The first-order valence-electron chi connectivity index (χ1n) is 13.4. The van der Waals surface area contributed by atoms with Gasteiger partial charge in [0.25, 0.3) is 0 Å². The minimum absolute atomic E-state index is 0.0178. The van der Waals surface area contributed by atoms with E-state index in [-0.39, 0.29) is 36.2 Å². The standard InChI is InChI=1S/C30H48O6/c1-8-27(33)21(3)13-9-11-20(2)12-10-14-23(5)30-24(6)16-18-28(35-25(7)31)22(4)15-17-26(32)19-29(34)36-30/h9-10,12-14,16,18,20-22,24,26-28,30,32-33H,8,11,15,17,19H2,1-7H3/b12-10?,13-9-,18-16?,23-14?/t20-,21-,22-,24-,26+,27-,28-,30+/m0/s1. The number of aliphatic hydroxyl groups is 2. The first-order chi connectivity index (χ1) is 16.9. The van der Waals surface area contributed by atoms with Crippen LogP contribution in [0.3, 0.4) is 0 Å². The SMILES string of the molecule is CC[C@H](O)[C@@H](C)/C=C\C[C@H](C)C=CC=C(C)[C@H]1OC(=O)C[C@H](O)CC[C@H](C)[C@@H](OC(C)=O)C=C[C@@H]1C. The number of carbonyl (C=O) groups is 2. The summed E-state index contributed by atoms with van der Waals surface area (Å²) in [6, 6.07) is 0. The second-order valence-corrected chi connectivity index (χ2v) is 10.4. The van der Waals surface area contributed by atoms with E-state index in [1.54, 1.807) is 0 Å². The molecule has 0 radical (unpaired) electrons. The number of allylic oxidation sites excluding steroid dienone is 4. The Balaban J connectivity index is 2.98. The molecular weight excluding hydrogens is 456 g/mol. The van der Waals surface area contributed by atoms with E-state index in [1.807, 2.05) is 58.9 Å². The molecule has 0 bridgehead atoms. The highest BCUT2D eigenvalue weighted by molar-refractivity contribution is 5.70. The molecule has 2 N–H and O–H groups in total. The zero-order chi connectivity index (χ0) is 27.3. The maximum absolute atomic E-state index is 12.5. The zero-order valence-electron chi connectivity index (χ0n) is 23.2. The van der Waals surface area contributed by atoms with Crippen molar-refractivity contribution in [3.05, 3.63) is 48.1 Å². The number of ether oxygens (including phenoxy) is 2. The largest absolute Gasteiger partial charge is 0.458 e. The van der Waals surface area contributed by atoms with E-state index in [2.05, 4.69) is 25.2 Å². The van der Waals surface area contributed by atoms with Crippen LogP contribution in [0.2, 0.25) is 0 Å². The van der Waals surface area contributed by atoms with Gasteiger partial charge >= 0.3 is 11.9 Å². The number of carbonyl (C=O) groups excluding carboxylic acids is 2. The summed E-state index contributed by atoms with van der Waals surface area (Å²) in [5, 5.41) is 20.2. The maximum Gasteiger partial charge on any atom is 0.309 e. The van der Waals surface area contributed by atoms with Crippen LogP contribution in [-0.4, -0.2) is 46.6 Å². The predicted molar refractivity (Wildman–Crippen MR) is 144 cm³/mol. The Morgan fingerprint density at radius 2 is 1.89 bits per heavy atom. The van der Waals surface area contributed by atoms with Gasteiger partial charge in [-0.1, -0.05) is 71.1 Å². The second kappa shape index (κ2) is 16.5. The van der Waals surface area contributed by atoms with Gasteiger partial charge in [-0.2, -0.15) is 0 Å². The predicted octanol–water partition coefficient (Wildman–Crippen LogP) is 5.70. The molecule has 204 valence electrons. The summed E-state index contributed by atoms with van der Waals surface area (Å²) in [7, 11) is 0. The van der Waals surface area contributed by atoms with Crippen molar-refractivity contribution in [1.29, 1.82) is 0 Å². The van der Waals surface area contributed by atoms with Crippen molar-refractivity contribution in [3.63, 3.8) is 0 Å². The van der Waals surface area contributed by atoms with Crippen molar-refractivity contribution in [2.24, 2.45) is 23.7 Å². The molecule has 0 aromatic heterocycles. The van der Waals surface area contributed by atoms with Crippen molar-refractivity contribution >= 4 is 11.9 Å². The summed E-state index contributed by atoms with van der Waals surface area (Å²) in [6.07, 6.45) is 14.7. The first-order valence-corrected chi connectivity index (χ1v) is 13.4. The van der Waals surface area contributed by atoms with Gasteiger partial charge in [-0.25, -0.2) is 0 Å². The number of hydrogen-bond acceptors (Lipinski definition) is 6. The van der Waals surface area contributed by atoms with Crippen molar-refractivity contribution in [1.82, 2.24) is 0 Å². The fraction of sp³-hybridized carbons (Fsp3) is 0.667. The summed E-state index contributed by atoms with van der Waals surface area (Å²) in [6.45, 7) is 13.4. The maximum atomic E-state index is 12.5. The third kappa shape index (κ3) is 12.2. The zero-order valence-corrected chi connectivity index (χ0v) is 23.2. The lowest BCUT2D eigenvalue weighted by molar-refractivity contribution is -0.151. The van der Waals surface area contributed by atoms with Gasteiger partial charge in [-0.3, -0.25) is 9.59 Å². The van der Waals surface area contributed by atoms with Gasteiger partial charge in [-0.15, -0.1) is 0 Å². The number of rotatable bonds is 9. The smallest absolute Gasteiger partial charge is 0.309 e. The summed E-state index contributed by atoms with van der Waals surface area (Å²) >= 11 is 0. The van der Waals surface area contributed by atoms with Crippen LogP contribution in [0.5, 0.6) is 0 Å². The molecule has 0 unspecified atom stereocenters. The van der Waals surface area contributed by atoms with Crippen LogP contribution < -0.4 is 0 Å². The Bertz CT molecular complexity index is 795. The minimum Gasteiger partial charge on any atom is -0.458 e. The topological polar surface area (TPSA) is 93.1 Å². The molecule has 0 saturated heterocycles. The van der Waals surface area contributed by atoms with E-state index >= 15 is 0 Å². The molecule has 0 aliphatic carbocycles. The molecule has 36 heavy (non-hydrogen) atoms. The van der Waals surface area contributed by atoms with Crippen LogP contribution in [0, 0.1) is 23.7 Å². The van der Waals surface area contributed by atoms with Gasteiger partial charge in [0.15, 0.2) is 0 Å². The molecule has 0 aromatic carbocycles. The van der Waals surface area contributed by atoms with Crippen molar-refractivity contribution in [2.45, 2.75) is 105 Å². The van der Waals surface area contributed by atoms with Crippen molar-refractivity contribution in [3.8, 4) is 0 Å². The highest BCUT2D eigenvalue weighted by atomic mass is 16.5. The Morgan fingerprint density at radius 3 is 2.53 bits per heavy atom. The summed E-state index contributed by atoms with van der Waals surface area (Å²) in [4.78, 5) is 24.1. The number of cyclic esters (lactones) is 1. The molecular formula is C30H48O6. The van der Waals surface area contributed by atoms with E-state index < -0.39 is 24.3 Å². The Hall–Kier alpha value is -2.18. The van der Waals surface area contributed by atoms with Crippen LogP contribution in [-0.2, 0) is 19.1 Å². The summed E-state index contributed by atoms with van der Waals surface area (Å²) in [5.41, 5.74) is 0.891. The van der Waals surface area contributed by atoms with Gasteiger partial charge in [0.05, 0.1) is 18.6 Å². The Morgan fingerprint density at radius 1 is 1.19 bits per heavy atom. The number of hydrogen-bond donors (Lipinski definition) is 2. The van der Waals surface area contributed by atoms with E-state index in [4.69, 9.17) is 9.47 Å². The van der Waals surface area contributed by atoms with E-state index in [0.29, 0.717) is 18.8 Å². The highest BCUT2D eigenvalue weighted by Gasteiger charge is 2.26. The molecule has 1 aliphatic heterocycles. The molecule has 0 fully saturated rings. The second-order valence-electron chi connectivity index (χ2n) is 10.4. The van der Waals surface area contributed by atoms with Crippen LogP contribution in [0.15, 0.2) is 48.1 Å². The molecule has 1 rings (SSSR count). The average molecular weight is 505 g/mol. The van der Waals surface area contributed by atoms with Crippen molar-refractivity contribution < 1.29 is 29.3 Å². The number of esters is 2. The third-order valence-electron chi connectivity index (χ3n) is 6.78. The molecule has 0 saturated carbocycles. The molecule has 1 heterocycles. The third-order valence-corrected chi connectivity index (χ3v) is 6.78. The lowest BCUT2D eigenvalue weighted by Crippen LogP contribution is -2.30. The molecule has 0 aromatic rings. The summed E-state index contributed by atoms with van der Waals surface area (Å²) in [5.74, 6) is -0.442. The molecule has 6 nitrogen and oxygen atoms in total. The molecule has 6 heteroatoms. The quantitative estimate of drug-likeness (QED) is 0.238. The minimum atomic E-state index is -0.795. The van der Waals surface area contributed by atoms with Crippen molar-refractivity contribution in [2.75, 3.05) is 0 Å². The van der Waals surface area contributed by atoms with Crippen LogP contribution in [0.1, 0.15) is 80.6 Å². The fourth-order valence-electron chi connectivity index (χ4n) is 4.22. The fourth-order valence-corrected chi connectivity index (χ4v) is 4.22. The first kappa shape index (κ1) is 31.8. The normalized spacial score (nSPS) is 29.3. The lowest BCUT2D eigenvalue weighted by atomic mass is 9.92. The summed E-state index contributed by atoms with van der Waals surface area (Å²) < 4.78 is 11.3. The number of aliphatic hydroxyl groups excluding tert-OH is 2. The van der Waals surface area contributed by atoms with Crippen LogP contribution in [0.25, 0.3) is 0 Å². The highest BCUT2D eigenvalue weighted by Crippen LogP contribution is 2.24. The Labute approximate surface area is 218 Å². The van der Waals surface area contributed by atoms with Crippen LogP contribution >= 0.6 is 0 Å². The van der Waals surface area contributed by atoms with Gasteiger partial charge in [0, 0.05) is 12.8 Å². The molecule has 1 aliphatic rings. The van der Waals surface area contributed by atoms with Gasteiger partial charge in [-0.05, 0) is 62.0 Å². The van der Waals surface area contributed by atoms with Crippen LogP contribution in [0.4, 0.5) is 0 Å². The van der Waals surface area contributed by atoms with Gasteiger partial charge in [0.2, 0.25) is 0 Å². The monoisotopic (exact) mass is 504 g/mol. The van der Waals surface area contributed by atoms with Gasteiger partial charge in [0.1, 0.15) is 12.2 Å². The molecule has 0 amide bonds. The van der Waals surface area contributed by atoms with Gasteiger partial charge < -0.3 is 19.7 Å². The van der Waals surface area contributed by atoms with E-state index in [9.17, 15) is 19.8 Å². The lowest BCUT2D eigenvalue weighted by Gasteiger charge is -2.27. The van der Waals surface area contributed by atoms with E-state index in [0.717, 1.165) is 18.4 Å². The Kier molecular flexibility index (Phi) is 14.6. The average Bonchev–Trinajstić information content (AvgIpc) is 2.81.